The van der Waals surface area contributed by atoms with E-state index in [0.29, 0.717) is 11.3 Å². The number of benzene rings is 1. The highest BCUT2D eigenvalue weighted by atomic mass is 32.3. The van der Waals surface area contributed by atoms with Crippen LogP contribution < -0.4 is 20.7 Å². The summed E-state index contributed by atoms with van der Waals surface area (Å²) >= 11 is 0. The number of aromatic nitrogens is 4. The number of nitrogen functional groups attached to an aromatic ring is 1. The number of alkyl halides is 1. The van der Waals surface area contributed by atoms with Crippen LogP contribution in [0.15, 0.2) is 36.7 Å². The number of para-hydroxylation sites is 1. The second-order valence-electron chi connectivity index (χ2n) is 10.1. The SMILES string of the molecule is CNc1nc(N)nc2c1ncn2[C@@H]1O[C@H](CO[P@@](=O)(N[C@@H](C)C(=O)OC(C)C)Oc2ccccc2)[C@@H](O)[C@@]1(C)F.O=S(=O)(O)O. The van der Waals surface area contributed by atoms with E-state index < -0.39 is 67.0 Å². The fourth-order valence-corrected chi connectivity index (χ4v) is 5.64. The Kier molecular flexibility index (Phi) is 11.4. The third-order valence-electron chi connectivity index (χ3n) is 6.08. The maximum atomic E-state index is 16.0. The smallest absolute Gasteiger partial charge is 0.459 e. The number of carbonyl (C=O) groups is 1. The number of hydrogen-bond donors (Lipinski definition) is 6. The summed E-state index contributed by atoms with van der Waals surface area (Å²) in [7, 11) is -7.33. The van der Waals surface area contributed by atoms with Crippen LogP contribution >= 0.6 is 7.75 Å². The van der Waals surface area contributed by atoms with Crippen LogP contribution in [-0.2, 0) is 33.8 Å². The zero-order valence-electron chi connectivity index (χ0n) is 24.8. The van der Waals surface area contributed by atoms with E-state index in [-0.39, 0.29) is 17.3 Å². The number of nitrogens with one attached hydrogen (secondary N) is 2. The maximum Gasteiger partial charge on any atom is 0.459 e. The number of anilines is 2. The molecule has 0 aliphatic carbocycles. The predicted octanol–water partition coefficient (Wildman–Crippen LogP) is 1.92. The zero-order valence-corrected chi connectivity index (χ0v) is 26.5. The van der Waals surface area contributed by atoms with Gasteiger partial charge < -0.3 is 30.2 Å². The Morgan fingerprint density at radius 3 is 2.44 bits per heavy atom. The molecule has 1 saturated heterocycles. The van der Waals surface area contributed by atoms with E-state index in [1.54, 1.807) is 51.2 Å². The summed E-state index contributed by atoms with van der Waals surface area (Å²) in [4.78, 5) is 24.8. The van der Waals surface area contributed by atoms with Crippen LogP contribution in [0.4, 0.5) is 16.2 Å². The highest BCUT2D eigenvalue weighted by molar-refractivity contribution is 7.79. The Morgan fingerprint density at radius 2 is 1.87 bits per heavy atom. The molecule has 7 N–H and O–H groups in total. The summed E-state index contributed by atoms with van der Waals surface area (Å²) < 4.78 is 84.8. The molecule has 0 radical (unpaired) electrons. The molecule has 3 aromatic rings. The van der Waals surface area contributed by atoms with Crippen LogP contribution in [0.3, 0.4) is 0 Å². The summed E-state index contributed by atoms with van der Waals surface area (Å²) in [5, 5.41) is 16.2. The molecule has 21 heteroatoms. The molecule has 0 unspecified atom stereocenters. The molecule has 1 fully saturated rings. The van der Waals surface area contributed by atoms with Crippen molar-refractivity contribution in [3.8, 4) is 5.75 Å². The van der Waals surface area contributed by atoms with Gasteiger partial charge >= 0.3 is 24.1 Å². The van der Waals surface area contributed by atoms with Crippen LogP contribution in [-0.4, -0.2) is 91.8 Å². The first-order chi connectivity index (χ1) is 20.8. The number of fused-ring (bicyclic) bond motifs is 1. The number of nitrogens with two attached hydrogens (primary N) is 1. The van der Waals surface area contributed by atoms with E-state index in [4.69, 9.17) is 41.8 Å². The summed E-state index contributed by atoms with van der Waals surface area (Å²) in [5.41, 5.74) is 3.94. The monoisotopic (exact) mass is 679 g/mol. The third-order valence-corrected chi connectivity index (χ3v) is 7.72. The van der Waals surface area contributed by atoms with Gasteiger partial charge in [-0.1, -0.05) is 18.2 Å². The molecular weight excluding hydrogens is 644 g/mol. The Labute approximate surface area is 257 Å². The summed E-state index contributed by atoms with van der Waals surface area (Å²) in [6.45, 7) is 5.37. The molecule has 1 aliphatic heterocycles. The number of esters is 1. The number of ether oxygens (including phenoxy) is 2. The third kappa shape index (κ3) is 9.50. The van der Waals surface area contributed by atoms with Crippen LogP contribution in [0.5, 0.6) is 5.75 Å². The Morgan fingerprint density at radius 1 is 1.24 bits per heavy atom. The predicted molar refractivity (Wildman–Crippen MR) is 157 cm³/mol. The number of aliphatic hydroxyl groups excluding tert-OH is 1. The largest absolute Gasteiger partial charge is 0.462 e. The van der Waals surface area contributed by atoms with Gasteiger partial charge in [0.05, 0.1) is 19.0 Å². The van der Waals surface area contributed by atoms with Gasteiger partial charge in [0.25, 0.3) is 0 Å². The number of imidazole rings is 1. The molecule has 0 bridgehead atoms. The van der Waals surface area contributed by atoms with Gasteiger partial charge in [-0.2, -0.15) is 23.5 Å². The molecule has 6 atom stereocenters. The first kappa shape index (κ1) is 36.0. The van der Waals surface area contributed by atoms with Crippen LogP contribution in [0.25, 0.3) is 11.2 Å². The van der Waals surface area contributed by atoms with E-state index >= 15 is 4.39 Å². The molecule has 0 amide bonds. The molecule has 250 valence electrons. The first-order valence-electron chi connectivity index (χ1n) is 13.2. The molecule has 18 nitrogen and oxygen atoms in total. The minimum absolute atomic E-state index is 0.0761. The lowest BCUT2D eigenvalue weighted by Gasteiger charge is -2.25. The van der Waals surface area contributed by atoms with Crippen molar-refractivity contribution in [3.05, 3.63) is 36.7 Å². The standard InChI is InChI=1S/C24H33FN7O7P.H2O4S/c1-13(2)37-21(34)14(3)31-40(35,39-15-9-7-6-8-10-15)36-11-16-18(33)24(4,25)22(38-16)32-12-28-17-19(27-5)29-23(26)30-20(17)32;1-5(2,3)4/h6-10,12-14,16,18,22,33H,11H2,1-5H3,(H,31,35)(H3,26,27,29,30);(H2,1,2,3,4)/t14-,16+,18+,22+,24+,40-;/m0./s1. The number of nitrogens with zero attached hydrogens (tertiary/aromatic N) is 4. The summed E-state index contributed by atoms with van der Waals surface area (Å²) in [5.74, 6) is -0.243. The zero-order chi connectivity index (χ0) is 33.7. The number of aliphatic hydroxyl groups is 1. The number of halogens is 1. The van der Waals surface area contributed by atoms with Crippen molar-refractivity contribution in [2.45, 2.75) is 63.9 Å². The molecule has 2 aromatic heterocycles. The van der Waals surface area contributed by atoms with Gasteiger partial charge in [0, 0.05) is 7.05 Å². The van der Waals surface area contributed by atoms with Gasteiger partial charge in [0.15, 0.2) is 28.9 Å². The minimum atomic E-state index is -4.67. The minimum Gasteiger partial charge on any atom is -0.462 e. The van der Waals surface area contributed by atoms with E-state index in [1.165, 1.54) is 17.8 Å². The van der Waals surface area contributed by atoms with Crippen molar-refractivity contribution >= 4 is 47.0 Å². The van der Waals surface area contributed by atoms with Crippen molar-refractivity contribution in [3.63, 3.8) is 0 Å². The average Bonchev–Trinajstić information content (AvgIpc) is 3.43. The molecule has 1 aliphatic rings. The van der Waals surface area contributed by atoms with Gasteiger partial charge in [0.1, 0.15) is 24.0 Å². The maximum absolute atomic E-state index is 16.0. The molecule has 0 spiro atoms. The Hall–Kier alpha value is -3.49. The Bertz CT molecular complexity index is 1620. The second-order valence-corrected chi connectivity index (χ2v) is 12.7. The van der Waals surface area contributed by atoms with Gasteiger partial charge in [0.2, 0.25) is 5.95 Å². The Balaban J connectivity index is 0.00000102. The van der Waals surface area contributed by atoms with Crippen molar-refractivity contribution in [1.82, 2.24) is 24.6 Å². The fourth-order valence-electron chi connectivity index (χ4n) is 4.14. The van der Waals surface area contributed by atoms with E-state index in [0.717, 1.165) is 6.92 Å². The molecule has 45 heavy (non-hydrogen) atoms. The van der Waals surface area contributed by atoms with Gasteiger partial charge in [-0.15, -0.1) is 0 Å². The molecular formula is C24H35FN7O11PS. The van der Waals surface area contributed by atoms with E-state index in [2.05, 4.69) is 25.4 Å². The van der Waals surface area contributed by atoms with Gasteiger partial charge in [-0.25, -0.2) is 13.9 Å². The highest BCUT2D eigenvalue weighted by Gasteiger charge is 2.56. The van der Waals surface area contributed by atoms with Crippen LogP contribution in [0.2, 0.25) is 0 Å². The molecule has 1 aromatic carbocycles. The summed E-state index contributed by atoms with van der Waals surface area (Å²) in [6.07, 6.45) is -3.52. The lowest BCUT2D eigenvalue weighted by Crippen LogP contribution is -2.41. The van der Waals surface area contributed by atoms with Gasteiger partial charge in [-0.05, 0) is 39.8 Å². The van der Waals surface area contributed by atoms with Crippen LogP contribution in [0.1, 0.15) is 33.9 Å². The van der Waals surface area contributed by atoms with Crippen molar-refractivity contribution in [1.29, 1.82) is 0 Å². The van der Waals surface area contributed by atoms with Gasteiger partial charge in [-0.3, -0.25) is 23.0 Å². The molecule has 3 heterocycles. The van der Waals surface area contributed by atoms with E-state index in [9.17, 15) is 14.5 Å². The lowest BCUT2D eigenvalue weighted by atomic mass is 9.98. The number of carbonyl (C=O) groups excluding carboxylic acids is 1. The number of hydrogen-bond acceptors (Lipinski definition) is 14. The molecule has 4 rings (SSSR count). The topological polar surface area (TPSA) is 260 Å². The molecule has 0 saturated carbocycles. The normalized spacial score (nSPS) is 23.6. The number of rotatable bonds is 11. The fraction of sp³-hybridized carbons (Fsp3) is 0.500. The quantitative estimate of drug-likeness (QED) is 0.0960. The summed E-state index contributed by atoms with van der Waals surface area (Å²) in [6, 6.07) is 7.05. The second kappa shape index (κ2) is 14.3. The highest BCUT2D eigenvalue weighted by Crippen LogP contribution is 2.48. The lowest BCUT2D eigenvalue weighted by molar-refractivity contribution is -0.149. The van der Waals surface area contributed by atoms with Crippen molar-refractivity contribution in [2.75, 3.05) is 24.7 Å². The first-order valence-corrected chi connectivity index (χ1v) is 16.2. The van der Waals surface area contributed by atoms with Crippen LogP contribution in [0, 0.1) is 0 Å². The van der Waals surface area contributed by atoms with Crippen molar-refractivity contribution in [2.24, 2.45) is 0 Å². The van der Waals surface area contributed by atoms with E-state index in [1.807, 2.05) is 0 Å². The average molecular weight is 680 g/mol. The van der Waals surface area contributed by atoms with Crippen molar-refractivity contribution < 1.29 is 54.9 Å².